The molecular formula is C12H14Br2N4. The summed E-state index contributed by atoms with van der Waals surface area (Å²) in [5.41, 5.74) is 24.3. The summed E-state index contributed by atoms with van der Waals surface area (Å²) in [5.74, 6) is 0. The quantitative estimate of drug-likeness (QED) is 0.532. The first-order valence-corrected chi connectivity index (χ1v) is 6.60. The van der Waals surface area contributed by atoms with Gasteiger partial charge in [-0.2, -0.15) is 0 Å². The van der Waals surface area contributed by atoms with Crippen LogP contribution in [0.2, 0.25) is 0 Å². The maximum Gasteiger partial charge on any atom is 0.0559 e. The van der Waals surface area contributed by atoms with Crippen molar-refractivity contribution in [2.24, 2.45) is 0 Å². The van der Waals surface area contributed by atoms with E-state index >= 15 is 0 Å². The van der Waals surface area contributed by atoms with Gasteiger partial charge >= 0.3 is 0 Å². The van der Waals surface area contributed by atoms with Crippen LogP contribution in [-0.4, -0.2) is 0 Å². The smallest absolute Gasteiger partial charge is 0.0559 e. The summed E-state index contributed by atoms with van der Waals surface area (Å²) in [6.45, 7) is 0. The van der Waals surface area contributed by atoms with E-state index in [1.165, 1.54) is 0 Å². The fourth-order valence-electron chi connectivity index (χ4n) is 1.09. The van der Waals surface area contributed by atoms with Crippen molar-refractivity contribution in [1.29, 1.82) is 0 Å². The first-order chi connectivity index (χ1) is 8.41. The van der Waals surface area contributed by atoms with Crippen LogP contribution in [0.3, 0.4) is 0 Å². The predicted molar refractivity (Wildman–Crippen MR) is 85.9 cm³/mol. The van der Waals surface area contributed by atoms with Crippen LogP contribution in [0, 0.1) is 0 Å². The molecule has 0 amide bonds. The Morgan fingerprint density at radius 3 is 1.22 bits per heavy atom. The van der Waals surface area contributed by atoms with E-state index in [2.05, 4.69) is 31.9 Å². The molecule has 0 radical (unpaired) electrons. The van der Waals surface area contributed by atoms with Gasteiger partial charge in [0, 0.05) is 8.95 Å². The summed E-state index contributed by atoms with van der Waals surface area (Å²) in [6.07, 6.45) is 0. The molecule has 8 N–H and O–H groups in total. The van der Waals surface area contributed by atoms with E-state index in [4.69, 9.17) is 22.9 Å². The number of para-hydroxylation sites is 2. The van der Waals surface area contributed by atoms with Crippen LogP contribution in [0.15, 0.2) is 45.3 Å². The van der Waals surface area contributed by atoms with E-state index in [9.17, 15) is 0 Å². The lowest BCUT2D eigenvalue weighted by Crippen LogP contribution is -1.93. The van der Waals surface area contributed by atoms with E-state index in [1.54, 1.807) is 24.3 Å². The van der Waals surface area contributed by atoms with Gasteiger partial charge in [0.15, 0.2) is 0 Å². The summed E-state index contributed by atoms with van der Waals surface area (Å²) in [5, 5.41) is 0. The molecular weight excluding hydrogens is 360 g/mol. The van der Waals surface area contributed by atoms with Crippen molar-refractivity contribution < 1.29 is 0 Å². The highest BCUT2D eigenvalue weighted by molar-refractivity contribution is 9.13. The number of anilines is 4. The van der Waals surface area contributed by atoms with Crippen LogP contribution < -0.4 is 22.9 Å². The number of halogens is 2. The lowest BCUT2D eigenvalue weighted by Gasteiger charge is -2.01. The molecule has 0 aliphatic rings. The van der Waals surface area contributed by atoms with Crippen LogP contribution in [0.4, 0.5) is 22.7 Å². The SMILES string of the molecule is Nc1cc(Br)c(Br)cc1N.Nc1ccccc1N. The molecule has 4 nitrogen and oxygen atoms in total. The van der Waals surface area contributed by atoms with Gasteiger partial charge in [-0.05, 0) is 56.1 Å². The van der Waals surface area contributed by atoms with Crippen molar-refractivity contribution in [3.05, 3.63) is 45.3 Å². The number of rotatable bonds is 0. The molecule has 0 aliphatic carbocycles. The first-order valence-electron chi connectivity index (χ1n) is 5.01. The van der Waals surface area contributed by atoms with Crippen molar-refractivity contribution in [2.45, 2.75) is 0 Å². The summed E-state index contributed by atoms with van der Waals surface area (Å²) in [4.78, 5) is 0. The number of nitrogens with two attached hydrogens (primary N) is 4. The maximum atomic E-state index is 5.51. The molecule has 2 aromatic carbocycles. The summed E-state index contributed by atoms with van der Waals surface area (Å²) < 4.78 is 1.83. The van der Waals surface area contributed by atoms with Crippen molar-refractivity contribution >= 4 is 54.6 Å². The molecule has 2 aromatic rings. The summed E-state index contributed by atoms with van der Waals surface area (Å²) >= 11 is 6.60. The Kier molecular flexibility index (Phi) is 5.30. The molecule has 0 saturated heterocycles. The number of benzene rings is 2. The Morgan fingerprint density at radius 2 is 0.944 bits per heavy atom. The number of nitrogen functional groups attached to an aromatic ring is 4. The highest BCUT2D eigenvalue weighted by Crippen LogP contribution is 2.29. The van der Waals surface area contributed by atoms with E-state index in [1.807, 2.05) is 12.1 Å². The largest absolute Gasteiger partial charge is 0.397 e. The average molecular weight is 374 g/mol. The highest BCUT2D eigenvalue weighted by Gasteiger charge is 1.99. The Balaban J connectivity index is 0.000000184. The average Bonchev–Trinajstić information content (AvgIpc) is 2.31. The van der Waals surface area contributed by atoms with Gasteiger partial charge in [0.1, 0.15) is 0 Å². The fraction of sp³-hybridized carbons (Fsp3) is 0. The third-order valence-electron chi connectivity index (χ3n) is 2.12. The molecule has 0 fully saturated rings. The Morgan fingerprint density at radius 1 is 0.611 bits per heavy atom. The third kappa shape index (κ3) is 4.12. The first kappa shape index (κ1) is 14.7. The maximum absolute atomic E-state index is 5.51. The fourth-order valence-corrected chi connectivity index (χ4v) is 1.81. The number of hydrogen-bond acceptors (Lipinski definition) is 4. The van der Waals surface area contributed by atoms with Gasteiger partial charge in [-0.1, -0.05) is 12.1 Å². The molecule has 0 aliphatic heterocycles. The predicted octanol–water partition coefficient (Wildman–Crippen LogP) is 3.23. The van der Waals surface area contributed by atoms with E-state index in [0.29, 0.717) is 22.7 Å². The summed E-state index contributed by atoms with van der Waals surface area (Å²) in [7, 11) is 0. The van der Waals surface area contributed by atoms with Gasteiger partial charge in [-0.15, -0.1) is 0 Å². The zero-order valence-electron chi connectivity index (χ0n) is 9.53. The monoisotopic (exact) mass is 372 g/mol. The van der Waals surface area contributed by atoms with Crippen molar-refractivity contribution in [3.63, 3.8) is 0 Å². The van der Waals surface area contributed by atoms with Crippen LogP contribution in [0.1, 0.15) is 0 Å². The molecule has 18 heavy (non-hydrogen) atoms. The molecule has 0 aromatic heterocycles. The lowest BCUT2D eigenvalue weighted by atomic mass is 10.3. The van der Waals surface area contributed by atoms with E-state index in [-0.39, 0.29) is 0 Å². The normalized spacial score (nSPS) is 9.44. The second-order valence-electron chi connectivity index (χ2n) is 3.52. The third-order valence-corrected chi connectivity index (χ3v) is 3.97. The van der Waals surface area contributed by atoms with Gasteiger partial charge in [0.2, 0.25) is 0 Å². The molecule has 2 rings (SSSR count). The van der Waals surface area contributed by atoms with Gasteiger partial charge in [0.25, 0.3) is 0 Å². The zero-order chi connectivity index (χ0) is 13.7. The molecule has 0 unspecified atom stereocenters. The molecule has 0 bridgehead atoms. The Labute approximate surface area is 123 Å². The lowest BCUT2D eigenvalue weighted by molar-refractivity contribution is 1.57. The molecule has 0 spiro atoms. The van der Waals surface area contributed by atoms with Crippen molar-refractivity contribution in [3.8, 4) is 0 Å². The van der Waals surface area contributed by atoms with E-state index < -0.39 is 0 Å². The number of hydrogen-bond donors (Lipinski definition) is 4. The van der Waals surface area contributed by atoms with Crippen LogP contribution >= 0.6 is 31.9 Å². The minimum Gasteiger partial charge on any atom is -0.397 e. The standard InChI is InChI=1S/C6H6Br2N2.C6H8N2/c7-3-1-5(9)6(10)2-4(3)8;7-5-3-1-2-4-6(5)8/h1-2H,9-10H2;1-4H,7-8H2. The Bertz CT molecular complexity index is 472. The minimum atomic E-state index is 0.593. The molecule has 6 heteroatoms. The van der Waals surface area contributed by atoms with Crippen molar-refractivity contribution in [2.75, 3.05) is 22.9 Å². The van der Waals surface area contributed by atoms with Crippen LogP contribution in [-0.2, 0) is 0 Å². The van der Waals surface area contributed by atoms with Gasteiger partial charge in [-0.25, -0.2) is 0 Å². The van der Waals surface area contributed by atoms with Gasteiger partial charge < -0.3 is 22.9 Å². The minimum absolute atomic E-state index is 0.593. The molecule has 0 heterocycles. The second-order valence-corrected chi connectivity index (χ2v) is 5.23. The zero-order valence-corrected chi connectivity index (χ0v) is 12.7. The highest BCUT2D eigenvalue weighted by atomic mass is 79.9. The van der Waals surface area contributed by atoms with Gasteiger partial charge in [-0.3, -0.25) is 0 Å². The summed E-state index contributed by atoms with van der Waals surface area (Å²) in [6, 6.07) is 10.8. The van der Waals surface area contributed by atoms with Crippen molar-refractivity contribution in [1.82, 2.24) is 0 Å². The van der Waals surface area contributed by atoms with Crippen LogP contribution in [0.5, 0.6) is 0 Å². The second kappa shape index (κ2) is 6.51. The van der Waals surface area contributed by atoms with E-state index in [0.717, 1.165) is 8.95 Å². The Hall–Kier alpha value is -1.40. The topological polar surface area (TPSA) is 104 Å². The van der Waals surface area contributed by atoms with Gasteiger partial charge in [0.05, 0.1) is 22.7 Å². The molecule has 0 saturated carbocycles. The molecule has 0 atom stereocenters. The van der Waals surface area contributed by atoms with Crippen LogP contribution in [0.25, 0.3) is 0 Å². The molecule has 96 valence electrons.